The van der Waals surface area contributed by atoms with Gasteiger partial charge in [0, 0.05) is 12.2 Å². The maximum atomic E-state index is 12.0. The summed E-state index contributed by atoms with van der Waals surface area (Å²) in [5.41, 5.74) is 2.04. The first-order valence-corrected chi connectivity index (χ1v) is 9.56. The summed E-state index contributed by atoms with van der Waals surface area (Å²) in [7, 11) is 0. The van der Waals surface area contributed by atoms with E-state index in [2.05, 4.69) is 15.5 Å². The van der Waals surface area contributed by atoms with Crippen LogP contribution in [0.2, 0.25) is 0 Å². The lowest BCUT2D eigenvalue weighted by molar-refractivity contribution is -0.115. The smallest absolute Gasteiger partial charge is 0.276 e. The molecule has 1 aromatic heterocycles. The Labute approximate surface area is 166 Å². The minimum Gasteiger partial charge on any atom is -0.484 e. The molecule has 3 aromatic rings. The van der Waals surface area contributed by atoms with Crippen molar-refractivity contribution in [2.24, 2.45) is 0 Å². The second-order valence-corrected chi connectivity index (χ2v) is 6.92. The molecule has 8 heteroatoms. The monoisotopic (exact) mass is 394 g/mol. The molecular weight excluding hydrogens is 376 g/mol. The fraction of sp³-hybridized carbons (Fsp3) is 0.200. The zero-order chi connectivity index (χ0) is 19.8. The summed E-state index contributed by atoms with van der Waals surface area (Å²) in [5, 5.41) is 20.1. The second kappa shape index (κ2) is 9.58. The predicted octanol–water partition coefficient (Wildman–Crippen LogP) is 3.95. The number of ether oxygens (including phenoxy) is 1. The summed E-state index contributed by atoms with van der Waals surface area (Å²) >= 11 is 1.29. The van der Waals surface area contributed by atoms with Gasteiger partial charge < -0.3 is 14.5 Å². The molecule has 0 aliphatic rings. The van der Waals surface area contributed by atoms with E-state index in [-0.39, 0.29) is 18.9 Å². The van der Waals surface area contributed by atoms with Crippen molar-refractivity contribution in [3.63, 3.8) is 0 Å². The quantitative estimate of drug-likeness (QED) is 0.577. The molecule has 0 unspecified atom stereocenters. The van der Waals surface area contributed by atoms with Crippen molar-refractivity contribution in [2.45, 2.75) is 25.2 Å². The topological polar surface area (TPSA) is 101 Å². The number of hydrogen-bond acceptors (Lipinski definition) is 7. The number of carbonyl (C=O) groups is 1. The van der Waals surface area contributed by atoms with E-state index in [0.29, 0.717) is 28.1 Å². The first-order chi connectivity index (χ1) is 13.6. The molecule has 3 rings (SSSR count). The van der Waals surface area contributed by atoms with Crippen LogP contribution in [0.5, 0.6) is 5.75 Å². The number of nitrogens with one attached hydrogen (secondary N) is 1. The molecule has 0 aliphatic heterocycles. The van der Waals surface area contributed by atoms with Crippen molar-refractivity contribution in [1.29, 1.82) is 5.26 Å². The fourth-order valence-electron chi connectivity index (χ4n) is 2.34. The normalized spacial score (nSPS) is 10.3. The SMILES string of the molecule is Cc1cccc(OCc2nnc(SCCC(=O)Nc3ccccc3C#N)o2)c1. The van der Waals surface area contributed by atoms with Crippen LogP contribution in [0.1, 0.15) is 23.4 Å². The summed E-state index contributed by atoms with van der Waals surface area (Å²) < 4.78 is 11.1. The third-order valence-corrected chi connectivity index (χ3v) is 4.50. The summed E-state index contributed by atoms with van der Waals surface area (Å²) in [5.74, 6) is 1.40. The van der Waals surface area contributed by atoms with Gasteiger partial charge in [0.2, 0.25) is 5.91 Å². The Morgan fingerprint density at radius 2 is 2.11 bits per heavy atom. The fourth-order valence-corrected chi connectivity index (χ4v) is 3.05. The molecule has 28 heavy (non-hydrogen) atoms. The van der Waals surface area contributed by atoms with E-state index in [1.807, 2.05) is 37.3 Å². The highest BCUT2D eigenvalue weighted by Crippen LogP contribution is 2.20. The molecule has 0 bridgehead atoms. The number of aryl methyl sites for hydroxylation is 1. The molecule has 0 radical (unpaired) electrons. The average Bonchev–Trinajstić information content (AvgIpc) is 3.15. The molecule has 7 nitrogen and oxygen atoms in total. The van der Waals surface area contributed by atoms with Gasteiger partial charge in [0.25, 0.3) is 11.1 Å². The minimum atomic E-state index is -0.183. The van der Waals surface area contributed by atoms with E-state index in [9.17, 15) is 4.79 Å². The van der Waals surface area contributed by atoms with Gasteiger partial charge in [-0.2, -0.15) is 5.26 Å². The van der Waals surface area contributed by atoms with Crippen molar-refractivity contribution in [3.05, 3.63) is 65.5 Å². The third-order valence-electron chi connectivity index (χ3n) is 3.68. The van der Waals surface area contributed by atoms with Crippen LogP contribution >= 0.6 is 11.8 Å². The first-order valence-electron chi connectivity index (χ1n) is 8.57. The summed E-state index contributed by atoms with van der Waals surface area (Å²) in [6, 6.07) is 16.6. The molecule has 0 saturated heterocycles. The number of benzene rings is 2. The highest BCUT2D eigenvalue weighted by molar-refractivity contribution is 7.99. The van der Waals surface area contributed by atoms with Crippen LogP contribution < -0.4 is 10.1 Å². The molecule has 142 valence electrons. The molecule has 0 spiro atoms. The van der Waals surface area contributed by atoms with Crippen LogP contribution in [0.25, 0.3) is 0 Å². The van der Waals surface area contributed by atoms with E-state index in [1.165, 1.54) is 11.8 Å². The van der Waals surface area contributed by atoms with Crippen LogP contribution in [-0.4, -0.2) is 21.9 Å². The van der Waals surface area contributed by atoms with Crippen LogP contribution in [0.4, 0.5) is 5.69 Å². The van der Waals surface area contributed by atoms with Crippen LogP contribution in [0, 0.1) is 18.3 Å². The van der Waals surface area contributed by atoms with E-state index < -0.39 is 0 Å². The van der Waals surface area contributed by atoms with Crippen LogP contribution in [0.15, 0.2) is 58.2 Å². The first kappa shape index (κ1) is 19.5. The van der Waals surface area contributed by atoms with Crippen molar-refractivity contribution in [2.75, 3.05) is 11.1 Å². The Balaban J connectivity index is 1.43. The van der Waals surface area contributed by atoms with Crippen molar-refractivity contribution < 1.29 is 13.9 Å². The molecule has 1 heterocycles. The van der Waals surface area contributed by atoms with Gasteiger partial charge in [-0.3, -0.25) is 4.79 Å². The molecule has 0 aliphatic carbocycles. The van der Waals surface area contributed by atoms with Gasteiger partial charge in [0.1, 0.15) is 11.8 Å². The highest BCUT2D eigenvalue weighted by atomic mass is 32.2. The number of carbonyl (C=O) groups excluding carboxylic acids is 1. The van der Waals surface area contributed by atoms with Gasteiger partial charge in [0.05, 0.1) is 11.3 Å². The number of rotatable bonds is 8. The minimum absolute atomic E-state index is 0.183. The Bertz CT molecular complexity index is 997. The van der Waals surface area contributed by atoms with E-state index in [1.54, 1.807) is 24.3 Å². The third kappa shape index (κ3) is 5.59. The summed E-state index contributed by atoms with van der Waals surface area (Å²) in [4.78, 5) is 12.0. The summed E-state index contributed by atoms with van der Waals surface area (Å²) in [6.07, 6.45) is 0.252. The van der Waals surface area contributed by atoms with E-state index in [4.69, 9.17) is 14.4 Å². The van der Waals surface area contributed by atoms with Crippen LogP contribution in [0.3, 0.4) is 0 Å². The number of nitriles is 1. The number of thioether (sulfide) groups is 1. The second-order valence-electron chi connectivity index (χ2n) is 5.87. The number of aromatic nitrogens is 2. The zero-order valence-corrected chi connectivity index (χ0v) is 16.0. The highest BCUT2D eigenvalue weighted by Gasteiger charge is 2.10. The molecule has 0 fully saturated rings. The maximum absolute atomic E-state index is 12.0. The van der Waals surface area contributed by atoms with Crippen molar-refractivity contribution in [1.82, 2.24) is 10.2 Å². The molecule has 1 amide bonds. The Morgan fingerprint density at radius 1 is 1.25 bits per heavy atom. The van der Waals surface area contributed by atoms with Gasteiger partial charge in [-0.15, -0.1) is 10.2 Å². The van der Waals surface area contributed by atoms with E-state index >= 15 is 0 Å². The number of nitrogens with zero attached hydrogens (tertiary/aromatic N) is 3. The number of para-hydroxylation sites is 1. The van der Waals surface area contributed by atoms with Gasteiger partial charge in [-0.05, 0) is 36.8 Å². The molecule has 1 N–H and O–H groups in total. The number of amides is 1. The largest absolute Gasteiger partial charge is 0.484 e. The maximum Gasteiger partial charge on any atom is 0.276 e. The number of anilines is 1. The van der Waals surface area contributed by atoms with Crippen molar-refractivity contribution in [3.8, 4) is 11.8 Å². The van der Waals surface area contributed by atoms with E-state index in [0.717, 1.165) is 11.3 Å². The molecule has 2 aromatic carbocycles. The lowest BCUT2D eigenvalue weighted by Gasteiger charge is -2.05. The molecule has 0 saturated carbocycles. The standard InChI is InChI=1S/C20H18N4O3S/c1-14-5-4-7-16(11-14)26-13-19-23-24-20(27-19)28-10-9-18(25)22-17-8-3-2-6-15(17)12-21/h2-8,11H,9-10,13H2,1H3,(H,22,25). The lowest BCUT2D eigenvalue weighted by Crippen LogP contribution is -2.13. The van der Waals surface area contributed by atoms with Crippen molar-refractivity contribution >= 4 is 23.4 Å². The lowest BCUT2D eigenvalue weighted by atomic mass is 10.2. The number of hydrogen-bond donors (Lipinski definition) is 1. The zero-order valence-electron chi connectivity index (χ0n) is 15.2. The average molecular weight is 394 g/mol. The Kier molecular flexibility index (Phi) is 6.65. The van der Waals surface area contributed by atoms with Gasteiger partial charge in [-0.25, -0.2) is 0 Å². The Morgan fingerprint density at radius 3 is 2.93 bits per heavy atom. The summed E-state index contributed by atoms with van der Waals surface area (Å²) in [6.45, 7) is 2.17. The van der Waals surface area contributed by atoms with Gasteiger partial charge in [0.15, 0.2) is 6.61 Å². The molecular formula is C20H18N4O3S. The predicted molar refractivity (Wildman–Crippen MR) is 105 cm³/mol. The molecule has 0 atom stereocenters. The van der Waals surface area contributed by atoms with Gasteiger partial charge >= 0.3 is 0 Å². The Hall–Kier alpha value is -3.31. The van der Waals surface area contributed by atoms with Gasteiger partial charge in [-0.1, -0.05) is 36.0 Å². The van der Waals surface area contributed by atoms with Crippen LogP contribution in [-0.2, 0) is 11.4 Å².